The van der Waals surface area contributed by atoms with E-state index in [9.17, 15) is 14.3 Å². The van der Waals surface area contributed by atoms with Crippen molar-refractivity contribution >= 4 is 5.97 Å². The van der Waals surface area contributed by atoms with Gasteiger partial charge in [-0.15, -0.1) is 0 Å². The van der Waals surface area contributed by atoms with Crippen LogP contribution in [0.25, 0.3) is 0 Å². The molecule has 0 radical (unpaired) electrons. The Morgan fingerprint density at radius 1 is 1.56 bits per heavy atom. The van der Waals surface area contributed by atoms with Gasteiger partial charge in [-0.2, -0.15) is 0 Å². The maximum absolute atomic E-state index is 13.5. The van der Waals surface area contributed by atoms with Crippen molar-refractivity contribution < 1.29 is 19.0 Å². The number of carbonyl (C=O) groups is 1. The van der Waals surface area contributed by atoms with Gasteiger partial charge in [-0.3, -0.25) is 0 Å². The third-order valence-corrected chi connectivity index (χ3v) is 2.75. The molecular formula is C13H18FNO3. The van der Waals surface area contributed by atoms with Crippen molar-refractivity contribution in [2.24, 2.45) is 0 Å². The summed E-state index contributed by atoms with van der Waals surface area (Å²) >= 11 is 0. The number of hydrogen-bond acceptors (Lipinski definition) is 4. The van der Waals surface area contributed by atoms with Crippen molar-refractivity contribution in [3.63, 3.8) is 0 Å². The second kappa shape index (κ2) is 5.93. The highest BCUT2D eigenvalue weighted by molar-refractivity contribution is 5.78. The Kier molecular flexibility index (Phi) is 4.81. The van der Waals surface area contributed by atoms with Gasteiger partial charge in [0.25, 0.3) is 0 Å². The minimum absolute atomic E-state index is 0.0187. The summed E-state index contributed by atoms with van der Waals surface area (Å²) in [5.74, 6) is -1.05. The monoisotopic (exact) mass is 255 g/mol. The van der Waals surface area contributed by atoms with E-state index < -0.39 is 11.6 Å². The van der Waals surface area contributed by atoms with Gasteiger partial charge in [0.05, 0.1) is 7.11 Å². The second-order valence-electron chi connectivity index (χ2n) is 4.39. The number of aliphatic hydroxyl groups is 1. The first kappa shape index (κ1) is 14.6. The topological polar surface area (TPSA) is 58.6 Å². The predicted octanol–water partition coefficient (Wildman–Crippen LogP) is 1.40. The van der Waals surface area contributed by atoms with Gasteiger partial charge >= 0.3 is 5.97 Å². The molecule has 2 N–H and O–H groups in total. The van der Waals surface area contributed by atoms with Crippen LogP contribution in [-0.4, -0.2) is 30.3 Å². The molecule has 0 saturated carbocycles. The lowest BCUT2D eigenvalue weighted by Gasteiger charge is -2.23. The zero-order chi connectivity index (χ0) is 13.8. The lowest BCUT2D eigenvalue weighted by atomic mass is 10.0. The molecule has 0 aliphatic rings. The molecule has 1 aromatic carbocycles. The van der Waals surface area contributed by atoms with E-state index in [2.05, 4.69) is 10.1 Å². The molecule has 0 aromatic heterocycles. The maximum atomic E-state index is 13.5. The van der Waals surface area contributed by atoms with Gasteiger partial charge < -0.3 is 15.2 Å². The van der Waals surface area contributed by atoms with Crippen LogP contribution in [0.4, 0.5) is 4.39 Å². The number of hydrogen-bond donors (Lipinski definition) is 2. The fraction of sp³-hybridized carbons (Fsp3) is 0.462. The van der Waals surface area contributed by atoms with Crippen LogP contribution in [0.5, 0.6) is 0 Å². The molecule has 0 aliphatic carbocycles. The van der Waals surface area contributed by atoms with Crippen molar-refractivity contribution in [2.75, 3.05) is 13.7 Å². The van der Waals surface area contributed by atoms with Crippen LogP contribution in [0, 0.1) is 5.82 Å². The standard InChI is InChI=1S/C13H18FNO3/c1-9(10-6-4-5-7-11(10)14)15-8-13(2,17)12(16)18-3/h4-7,9,15,17H,8H2,1-3H3. The van der Waals surface area contributed by atoms with Gasteiger partial charge in [0.2, 0.25) is 0 Å². The first-order valence-corrected chi connectivity index (χ1v) is 5.67. The molecule has 100 valence electrons. The average molecular weight is 255 g/mol. The highest BCUT2D eigenvalue weighted by atomic mass is 19.1. The fourth-order valence-corrected chi connectivity index (χ4v) is 1.58. The Morgan fingerprint density at radius 2 is 2.17 bits per heavy atom. The van der Waals surface area contributed by atoms with Crippen LogP contribution >= 0.6 is 0 Å². The first-order valence-electron chi connectivity index (χ1n) is 5.67. The summed E-state index contributed by atoms with van der Waals surface area (Å²) in [7, 11) is 1.21. The molecule has 0 saturated heterocycles. The van der Waals surface area contributed by atoms with E-state index in [1.807, 2.05) is 0 Å². The molecule has 5 heteroatoms. The van der Waals surface area contributed by atoms with Crippen molar-refractivity contribution in [1.82, 2.24) is 5.32 Å². The molecule has 1 rings (SSSR count). The average Bonchev–Trinajstić information content (AvgIpc) is 2.35. The Morgan fingerprint density at radius 3 is 2.72 bits per heavy atom. The van der Waals surface area contributed by atoms with Gasteiger partial charge in [0, 0.05) is 18.2 Å². The van der Waals surface area contributed by atoms with E-state index in [4.69, 9.17) is 0 Å². The van der Waals surface area contributed by atoms with Crippen LogP contribution < -0.4 is 5.32 Å². The number of methoxy groups -OCH3 is 1. The molecular weight excluding hydrogens is 237 g/mol. The summed E-state index contributed by atoms with van der Waals surface area (Å²) < 4.78 is 18.0. The minimum Gasteiger partial charge on any atom is -0.467 e. The van der Waals surface area contributed by atoms with Crippen LogP contribution in [0.2, 0.25) is 0 Å². The largest absolute Gasteiger partial charge is 0.467 e. The molecule has 1 aromatic rings. The fourth-order valence-electron chi connectivity index (χ4n) is 1.58. The van der Waals surface area contributed by atoms with E-state index in [-0.39, 0.29) is 18.4 Å². The normalized spacial score (nSPS) is 15.8. The van der Waals surface area contributed by atoms with Crippen molar-refractivity contribution in [3.8, 4) is 0 Å². The van der Waals surface area contributed by atoms with Crippen molar-refractivity contribution in [3.05, 3.63) is 35.6 Å². The smallest absolute Gasteiger partial charge is 0.338 e. The van der Waals surface area contributed by atoms with E-state index in [1.54, 1.807) is 25.1 Å². The number of carbonyl (C=O) groups excluding carboxylic acids is 1. The van der Waals surface area contributed by atoms with Crippen LogP contribution in [-0.2, 0) is 9.53 Å². The number of benzene rings is 1. The summed E-state index contributed by atoms with van der Waals surface area (Å²) in [4.78, 5) is 11.3. The van der Waals surface area contributed by atoms with Gasteiger partial charge in [-0.25, -0.2) is 9.18 Å². The minimum atomic E-state index is -1.63. The molecule has 0 aliphatic heterocycles. The van der Waals surface area contributed by atoms with E-state index in [1.165, 1.54) is 20.1 Å². The quantitative estimate of drug-likeness (QED) is 0.781. The Bertz CT molecular complexity index is 420. The van der Waals surface area contributed by atoms with Gasteiger partial charge in [0.15, 0.2) is 5.60 Å². The van der Waals surface area contributed by atoms with Gasteiger partial charge in [0.1, 0.15) is 5.82 Å². The van der Waals surface area contributed by atoms with Crippen molar-refractivity contribution in [1.29, 1.82) is 0 Å². The highest BCUT2D eigenvalue weighted by Gasteiger charge is 2.31. The Labute approximate surface area is 106 Å². The zero-order valence-corrected chi connectivity index (χ0v) is 10.7. The SMILES string of the molecule is COC(=O)C(C)(O)CNC(C)c1ccccc1F. The molecule has 0 amide bonds. The number of rotatable bonds is 5. The Hall–Kier alpha value is -1.46. The van der Waals surface area contributed by atoms with Crippen LogP contribution in [0.3, 0.4) is 0 Å². The third-order valence-electron chi connectivity index (χ3n) is 2.75. The second-order valence-corrected chi connectivity index (χ2v) is 4.39. The first-order chi connectivity index (χ1) is 8.38. The third kappa shape index (κ3) is 3.51. The number of esters is 1. The van der Waals surface area contributed by atoms with Crippen LogP contribution in [0.15, 0.2) is 24.3 Å². The van der Waals surface area contributed by atoms with Gasteiger partial charge in [-0.05, 0) is 19.9 Å². The molecule has 0 fully saturated rings. The van der Waals surface area contributed by atoms with E-state index >= 15 is 0 Å². The summed E-state index contributed by atoms with van der Waals surface area (Å²) in [6.07, 6.45) is 0. The molecule has 2 unspecified atom stereocenters. The molecule has 18 heavy (non-hydrogen) atoms. The number of ether oxygens (including phenoxy) is 1. The van der Waals surface area contributed by atoms with E-state index in [0.717, 1.165) is 0 Å². The summed E-state index contributed by atoms with van der Waals surface area (Å²) in [5, 5.41) is 12.7. The lowest BCUT2D eigenvalue weighted by molar-refractivity contribution is -0.160. The summed E-state index contributed by atoms with van der Waals surface area (Å²) in [5.41, 5.74) is -1.15. The molecule has 2 atom stereocenters. The summed E-state index contributed by atoms with van der Waals surface area (Å²) in [6.45, 7) is 3.08. The number of halogens is 1. The summed E-state index contributed by atoms with van der Waals surface area (Å²) in [6, 6.07) is 6.04. The van der Waals surface area contributed by atoms with Gasteiger partial charge in [-0.1, -0.05) is 18.2 Å². The molecule has 0 bridgehead atoms. The molecule has 0 heterocycles. The van der Waals surface area contributed by atoms with Crippen molar-refractivity contribution in [2.45, 2.75) is 25.5 Å². The predicted molar refractivity (Wildman–Crippen MR) is 65.5 cm³/mol. The Balaban J connectivity index is 2.64. The van der Waals surface area contributed by atoms with E-state index in [0.29, 0.717) is 5.56 Å². The maximum Gasteiger partial charge on any atom is 0.338 e. The molecule has 0 spiro atoms. The molecule has 4 nitrogen and oxygen atoms in total. The van der Waals surface area contributed by atoms with Crippen LogP contribution in [0.1, 0.15) is 25.5 Å². The highest BCUT2D eigenvalue weighted by Crippen LogP contribution is 2.17. The zero-order valence-electron chi connectivity index (χ0n) is 10.7. The lowest BCUT2D eigenvalue weighted by Crippen LogP contribution is -2.46. The number of nitrogens with one attached hydrogen (secondary N) is 1.